The SMILES string of the molecule is CC1(C)c2cnc(-c3ccccc3)nc2-c2ccc3ccccc3c21. The zero-order valence-electron chi connectivity index (χ0n) is 14.3. The Kier molecular flexibility index (Phi) is 2.87. The van der Waals surface area contributed by atoms with E-state index in [1.54, 1.807) is 0 Å². The van der Waals surface area contributed by atoms with E-state index in [9.17, 15) is 0 Å². The normalized spacial score (nSPS) is 14.3. The third kappa shape index (κ3) is 1.97. The van der Waals surface area contributed by atoms with Gasteiger partial charge in [-0.1, -0.05) is 80.6 Å². The molecule has 25 heavy (non-hydrogen) atoms. The summed E-state index contributed by atoms with van der Waals surface area (Å²) < 4.78 is 0. The molecule has 0 N–H and O–H groups in total. The lowest BCUT2D eigenvalue weighted by molar-refractivity contribution is 0.661. The fourth-order valence-electron chi connectivity index (χ4n) is 4.05. The largest absolute Gasteiger partial charge is 0.236 e. The molecule has 120 valence electrons. The van der Waals surface area contributed by atoms with Crippen molar-refractivity contribution in [2.75, 3.05) is 0 Å². The molecule has 1 aliphatic carbocycles. The van der Waals surface area contributed by atoms with Gasteiger partial charge in [-0.05, 0) is 16.3 Å². The lowest BCUT2D eigenvalue weighted by Crippen LogP contribution is -2.16. The minimum absolute atomic E-state index is 0.0965. The van der Waals surface area contributed by atoms with Gasteiger partial charge in [0.15, 0.2) is 5.82 Å². The van der Waals surface area contributed by atoms with Gasteiger partial charge in [-0.2, -0.15) is 0 Å². The van der Waals surface area contributed by atoms with Gasteiger partial charge in [-0.15, -0.1) is 0 Å². The summed E-state index contributed by atoms with van der Waals surface area (Å²) in [6.07, 6.45) is 2.01. The molecule has 0 atom stereocenters. The smallest absolute Gasteiger partial charge is 0.159 e. The highest BCUT2D eigenvalue weighted by molar-refractivity contribution is 5.96. The Bertz CT molecular complexity index is 1110. The summed E-state index contributed by atoms with van der Waals surface area (Å²) in [7, 11) is 0. The van der Waals surface area contributed by atoms with Crippen LogP contribution in [0.25, 0.3) is 33.4 Å². The summed E-state index contributed by atoms with van der Waals surface area (Å²) >= 11 is 0. The monoisotopic (exact) mass is 322 g/mol. The summed E-state index contributed by atoms with van der Waals surface area (Å²) in [5.74, 6) is 0.788. The zero-order valence-corrected chi connectivity index (χ0v) is 14.3. The molecule has 0 aliphatic heterocycles. The second-order valence-corrected chi connectivity index (χ2v) is 7.16. The molecule has 3 aromatic carbocycles. The predicted octanol–water partition coefficient (Wildman–Crippen LogP) is 5.60. The molecule has 1 heterocycles. The van der Waals surface area contributed by atoms with Crippen LogP contribution in [0.2, 0.25) is 0 Å². The molecule has 0 saturated carbocycles. The van der Waals surface area contributed by atoms with E-state index in [-0.39, 0.29) is 5.41 Å². The second kappa shape index (κ2) is 5.00. The van der Waals surface area contributed by atoms with Gasteiger partial charge in [-0.25, -0.2) is 9.97 Å². The van der Waals surface area contributed by atoms with E-state index in [0.29, 0.717) is 0 Å². The number of hydrogen-bond acceptors (Lipinski definition) is 2. The van der Waals surface area contributed by atoms with E-state index < -0.39 is 0 Å². The molecule has 0 fully saturated rings. The molecule has 2 nitrogen and oxygen atoms in total. The molecule has 0 saturated heterocycles. The number of hydrogen-bond donors (Lipinski definition) is 0. The Morgan fingerprint density at radius 3 is 2.40 bits per heavy atom. The van der Waals surface area contributed by atoms with E-state index in [1.165, 1.54) is 27.5 Å². The van der Waals surface area contributed by atoms with Crippen LogP contribution in [-0.4, -0.2) is 9.97 Å². The Morgan fingerprint density at radius 2 is 1.56 bits per heavy atom. The highest BCUT2D eigenvalue weighted by Gasteiger charge is 2.38. The molecule has 1 aromatic heterocycles. The first-order valence-electron chi connectivity index (χ1n) is 8.62. The van der Waals surface area contributed by atoms with E-state index in [1.807, 2.05) is 24.4 Å². The van der Waals surface area contributed by atoms with Gasteiger partial charge in [-0.3, -0.25) is 0 Å². The number of rotatable bonds is 1. The van der Waals surface area contributed by atoms with Crippen LogP contribution in [0.4, 0.5) is 0 Å². The standard InChI is InChI=1S/C23H18N2/c1-23(2)19-14-24-22(16-9-4-3-5-10-16)25-21(19)18-13-12-15-8-6-7-11-17(15)20(18)23/h3-14H,1-2H3. The molecular formula is C23H18N2. The van der Waals surface area contributed by atoms with Crippen LogP contribution in [0.1, 0.15) is 25.0 Å². The average molecular weight is 322 g/mol. The molecule has 1 aliphatic rings. The predicted molar refractivity (Wildman–Crippen MR) is 103 cm³/mol. The summed E-state index contributed by atoms with van der Waals surface area (Å²) in [6.45, 7) is 4.55. The molecule has 5 rings (SSSR count). The van der Waals surface area contributed by atoms with E-state index in [4.69, 9.17) is 4.98 Å². The molecule has 0 amide bonds. The lowest BCUT2D eigenvalue weighted by atomic mass is 9.81. The van der Waals surface area contributed by atoms with Crippen molar-refractivity contribution in [2.45, 2.75) is 19.3 Å². The molecule has 0 radical (unpaired) electrons. The van der Waals surface area contributed by atoms with Crippen LogP contribution in [0.15, 0.2) is 72.9 Å². The van der Waals surface area contributed by atoms with E-state index in [2.05, 4.69) is 67.4 Å². The van der Waals surface area contributed by atoms with E-state index in [0.717, 1.165) is 17.1 Å². The fourth-order valence-corrected chi connectivity index (χ4v) is 4.05. The third-order valence-corrected chi connectivity index (χ3v) is 5.30. The Balaban J connectivity index is 1.81. The van der Waals surface area contributed by atoms with Gasteiger partial charge >= 0.3 is 0 Å². The lowest BCUT2D eigenvalue weighted by Gasteiger charge is -2.22. The first kappa shape index (κ1) is 14.4. The maximum Gasteiger partial charge on any atom is 0.159 e. The third-order valence-electron chi connectivity index (χ3n) is 5.30. The zero-order chi connectivity index (χ0) is 17.0. The Hall–Kier alpha value is -3.00. The summed E-state index contributed by atoms with van der Waals surface area (Å²) in [5, 5.41) is 2.59. The van der Waals surface area contributed by atoms with Crippen molar-refractivity contribution in [3.8, 4) is 22.6 Å². The molecule has 0 spiro atoms. The Labute approximate surface area is 147 Å². The number of benzene rings is 3. The van der Waals surface area contributed by atoms with Gasteiger partial charge in [0.25, 0.3) is 0 Å². The summed E-state index contributed by atoms with van der Waals surface area (Å²) in [4.78, 5) is 9.62. The topological polar surface area (TPSA) is 25.8 Å². The quantitative estimate of drug-likeness (QED) is 0.455. The second-order valence-electron chi connectivity index (χ2n) is 7.16. The van der Waals surface area contributed by atoms with Gasteiger partial charge in [0.2, 0.25) is 0 Å². The molecular weight excluding hydrogens is 304 g/mol. The minimum Gasteiger partial charge on any atom is -0.236 e. The number of fused-ring (bicyclic) bond motifs is 5. The van der Waals surface area contributed by atoms with Crippen LogP contribution < -0.4 is 0 Å². The van der Waals surface area contributed by atoms with Crippen LogP contribution in [-0.2, 0) is 5.41 Å². The van der Waals surface area contributed by atoms with Gasteiger partial charge in [0, 0.05) is 28.3 Å². The van der Waals surface area contributed by atoms with Crippen LogP contribution in [0, 0.1) is 0 Å². The maximum absolute atomic E-state index is 4.96. The van der Waals surface area contributed by atoms with Crippen LogP contribution in [0.3, 0.4) is 0 Å². The number of nitrogens with zero attached hydrogens (tertiary/aromatic N) is 2. The van der Waals surface area contributed by atoms with Crippen LogP contribution in [0.5, 0.6) is 0 Å². The van der Waals surface area contributed by atoms with Crippen molar-refractivity contribution >= 4 is 10.8 Å². The van der Waals surface area contributed by atoms with Gasteiger partial charge < -0.3 is 0 Å². The average Bonchev–Trinajstić information content (AvgIpc) is 2.90. The van der Waals surface area contributed by atoms with Crippen molar-refractivity contribution in [1.29, 1.82) is 0 Å². The summed E-state index contributed by atoms with van der Waals surface area (Å²) in [6, 6.07) is 23.2. The minimum atomic E-state index is -0.0965. The molecule has 0 unspecified atom stereocenters. The maximum atomic E-state index is 4.96. The molecule has 2 heteroatoms. The van der Waals surface area contributed by atoms with Crippen LogP contribution >= 0.6 is 0 Å². The van der Waals surface area contributed by atoms with E-state index >= 15 is 0 Å². The highest BCUT2D eigenvalue weighted by atomic mass is 14.9. The van der Waals surface area contributed by atoms with Crippen molar-refractivity contribution < 1.29 is 0 Å². The van der Waals surface area contributed by atoms with Gasteiger partial charge in [0.05, 0.1) is 5.69 Å². The summed E-state index contributed by atoms with van der Waals surface area (Å²) in [5.41, 5.74) is 5.83. The van der Waals surface area contributed by atoms with Crippen molar-refractivity contribution in [1.82, 2.24) is 9.97 Å². The number of aromatic nitrogens is 2. The van der Waals surface area contributed by atoms with Crippen molar-refractivity contribution in [3.05, 3.63) is 84.1 Å². The van der Waals surface area contributed by atoms with Crippen molar-refractivity contribution in [2.24, 2.45) is 0 Å². The fraction of sp³-hybridized carbons (Fsp3) is 0.130. The Morgan fingerprint density at radius 1 is 0.800 bits per heavy atom. The first-order chi connectivity index (χ1) is 12.2. The van der Waals surface area contributed by atoms with Gasteiger partial charge in [0.1, 0.15) is 0 Å². The first-order valence-corrected chi connectivity index (χ1v) is 8.62. The van der Waals surface area contributed by atoms with Crippen molar-refractivity contribution in [3.63, 3.8) is 0 Å². The molecule has 0 bridgehead atoms. The highest BCUT2D eigenvalue weighted by Crippen LogP contribution is 2.50. The molecule has 4 aromatic rings.